The average molecular weight is 342 g/mol. The van der Waals surface area contributed by atoms with Gasteiger partial charge in [0.15, 0.2) is 5.69 Å². The van der Waals surface area contributed by atoms with E-state index in [0.29, 0.717) is 24.0 Å². The van der Waals surface area contributed by atoms with E-state index in [9.17, 15) is 4.79 Å². The summed E-state index contributed by atoms with van der Waals surface area (Å²) in [6, 6.07) is 11.3. The highest BCUT2D eigenvalue weighted by Gasteiger charge is 2.07. The lowest BCUT2D eigenvalue weighted by molar-refractivity contribution is 0.0948. The molecule has 0 saturated heterocycles. The van der Waals surface area contributed by atoms with E-state index in [4.69, 9.17) is 4.74 Å². The maximum Gasteiger partial charge on any atom is 0.271 e. The number of aromatic nitrogens is 2. The molecule has 134 valence electrons. The van der Waals surface area contributed by atoms with Gasteiger partial charge in [-0.15, -0.1) is 10.2 Å². The maximum atomic E-state index is 12.1. The number of carbonyl (C=O) groups is 1. The molecule has 0 atom stereocenters. The summed E-state index contributed by atoms with van der Waals surface area (Å²) in [5.41, 5.74) is 1.46. The van der Waals surface area contributed by atoms with Crippen LogP contribution in [0.15, 0.2) is 36.4 Å². The molecule has 0 radical (unpaired) electrons. The molecule has 2 aromatic rings. The molecule has 0 aliphatic heterocycles. The molecular weight excluding hydrogens is 316 g/mol. The molecule has 6 heteroatoms. The molecule has 2 N–H and O–H groups in total. The minimum atomic E-state index is -0.213. The number of nitrogens with one attached hydrogen (secondary N) is 2. The van der Waals surface area contributed by atoms with Crippen LogP contribution in [0.25, 0.3) is 0 Å². The lowest BCUT2D eigenvalue weighted by Crippen LogP contribution is -2.26. The van der Waals surface area contributed by atoms with Crippen molar-refractivity contribution in [3.8, 4) is 5.75 Å². The van der Waals surface area contributed by atoms with Gasteiger partial charge < -0.3 is 15.4 Å². The first kappa shape index (κ1) is 18.7. The molecular formula is C19H26N4O2. The van der Waals surface area contributed by atoms with Crippen molar-refractivity contribution >= 4 is 11.7 Å². The third kappa shape index (κ3) is 6.41. The van der Waals surface area contributed by atoms with Gasteiger partial charge in [0, 0.05) is 13.1 Å². The van der Waals surface area contributed by atoms with Gasteiger partial charge in [0.25, 0.3) is 5.91 Å². The van der Waals surface area contributed by atoms with Crippen molar-refractivity contribution in [2.24, 2.45) is 5.92 Å². The minimum absolute atomic E-state index is 0.213. The smallest absolute Gasteiger partial charge is 0.271 e. The van der Waals surface area contributed by atoms with Crippen molar-refractivity contribution in [3.05, 3.63) is 47.7 Å². The maximum absolute atomic E-state index is 12.1. The zero-order valence-corrected chi connectivity index (χ0v) is 15.1. The fourth-order valence-corrected chi connectivity index (χ4v) is 2.24. The van der Waals surface area contributed by atoms with Gasteiger partial charge in [0.2, 0.25) is 0 Å². The Kier molecular flexibility index (Phi) is 7.19. The Morgan fingerprint density at radius 2 is 1.84 bits per heavy atom. The Balaban J connectivity index is 1.76. The van der Waals surface area contributed by atoms with E-state index in [1.807, 2.05) is 24.3 Å². The van der Waals surface area contributed by atoms with Crippen molar-refractivity contribution in [2.75, 3.05) is 25.5 Å². The van der Waals surface area contributed by atoms with Crippen LogP contribution in [0.2, 0.25) is 0 Å². The van der Waals surface area contributed by atoms with E-state index >= 15 is 0 Å². The van der Waals surface area contributed by atoms with Crippen LogP contribution in [-0.4, -0.2) is 36.3 Å². The summed E-state index contributed by atoms with van der Waals surface area (Å²) in [5, 5.41) is 14.1. The Morgan fingerprint density at radius 3 is 2.44 bits per heavy atom. The standard InChI is InChI=1S/C19H26N4O2/c1-14(2)10-12-20-18-9-8-17(22-23-18)19(24)21-13-11-15-4-6-16(25-3)7-5-15/h4-9,14H,10-13H2,1-3H3,(H,20,23)(H,21,24). The van der Waals surface area contributed by atoms with Gasteiger partial charge in [0.05, 0.1) is 7.11 Å². The second-order valence-corrected chi connectivity index (χ2v) is 6.27. The molecule has 0 spiro atoms. The van der Waals surface area contributed by atoms with E-state index in [2.05, 4.69) is 34.7 Å². The summed E-state index contributed by atoms with van der Waals surface area (Å²) < 4.78 is 5.13. The summed E-state index contributed by atoms with van der Waals surface area (Å²) in [4.78, 5) is 12.1. The van der Waals surface area contributed by atoms with E-state index in [-0.39, 0.29) is 5.91 Å². The van der Waals surface area contributed by atoms with Crippen LogP contribution < -0.4 is 15.4 Å². The van der Waals surface area contributed by atoms with Gasteiger partial charge >= 0.3 is 0 Å². The first-order valence-corrected chi connectivity index (χ1v) is 8.57. The van der Waals surface area contributed by atoms with Crippen molar-refractivity contribution in [3.63, 3.8) is 0 Å². The van der Waals surface area contributed by atoms with Crippen molar-refractivity contribution in [2.45, 2.75) is 26.7 Å². The lowest BCUT2D eigenvalue weighted by atomic mass is 10.1. The molecule has 25 heavy (non-hydrogen) atoms. The van der Waals surface area contributed by atoms with E-state index in [1.54, 1.807) is 19.2 Å². The second kappa shape index (κ2) is 9.61. The predicted octanol–water partition coefficient (Wildman–Crippen LogP) is 2.92. The monoisotopic (exact) mass is 342 g/mol. The number of ether oxygens (including phenoxy) is 1. The van der Waals surface area contributed by atoms with Crippen molar-refractivity contribution in [1.82, 2.24) is 15.5 Å². The van der Waals surface area contributed by atoms with Crippen LogP contribution in [0.3, 0.4) is 0 Å². The van der Waals surface area contributed by atoms with Crippen LogP contribution in [-0.2, 0) is 6.42 Å². The lowest BCUT2D eigenvalue weighted by Gasteiger charge is -2.08. The molecule has 1 aromatic heterocycles. The quantitative estimate of drug-likeness (QED) is 0.733. The topological polar surface area (TPSA) is 76.1 Å². The molecule has 6 nitrogen and oxygen atoms in total. The highest BCUT2D eigenvalue weighted by molar-refractivity contribution is 5.92. The Bertz CT molecular complexity index is 654. The van der Waals surface area contributed by atoms with E-state index in [1.165, 1.54) is 0 Å². The predicted molar refractivity (Wildman–Crippen MR) is 99.0 cm³/mol. The van der Waals surface area contributed by atoms with Gasteiger partial charge in [-0.2, -0.15) is 0 Å². The highest BCUT2D eigenvalue weighted by Crippen LogP contribution is 2.11. The summed E-state index contributed by atoms with van der Waals surface area (Å²) in [7, 11) is 1.64. The largest absolute Gasteiger partial charge is 0.497 e. The molecule has 1 amide bonds. The van der Waals surface area contributed by atoms with E-state index < -0.39 is 0 Å². The fraction of sp³-hybridized carbons (Fsp3) is 0.421. The van der Waals surface area contributed by atoms with Crippen LogP contribution >= 0.6 is 0 Å². The Hall–Kier alpha value is -2.63. The number of amides is 1. The summed E-state index contributed by atoms with van der Waals surface area (Å²) >= 11 is 0. The van der Waals surface area contributed by atoms with E-state index in [0.717, 1.165) is 30.7 Å². The molecule has 1 heterocycles. The van der Waals surface area contributed by atoms with Gasteiger partial charge in [-0.1, -0.05) is 26.0 Å². The number of hydrogen-bond acceptors (Lipinski definition) is 5. The number of rotatable bonds is 9. The molecule has 0 fully saturated rings. The molecule has 0 aliphatic rings. The molecule has 0 unspecified atom stereocenters. The van der Waals surface area contributed by atoms with Gasteiger partial charge in [-0.05, 0) is 48.6 Å². The molecule has 2 rings (SSSR count). The zero-order valence-electron chi connectivity index (χ0n) is 15.1. The number of anilines is 1. The summed E-state index contributed by atoms with van der Waals surface area (Å²) in [6.07, 6.45) is 1.81. The number of methoxy groups -OCH3 is 1. The van der Waals surface area contributed by atoms with Crippen LogP contribution in [0, 0.1) is 5.92 Å². The molecule has 0 bridgehead atoms. The summed E-state index contributed by atoms with van der Waals surface area (Å²) in [6.45, 7) is 5.74. The van der Waals surface area contributed by atoms with Gasteiger partial charge in [0.1, 0.15) is 11.6 Å². The third-order valence-electron chi connectivity index (χ3n) is 3.78. The Morgan fingerprint density at radius 1 is 1.08 bits per heavy atom. The molecule has 0 aliphatic carbocycles. The fourth-order valence-electron chi connectivity index (χ4n) is 2.24. The third-order valence-corrected chi connectivity index (χ3v) is 3.78. The van der Waals surface area contributed by atoms with Crippen molar-refractivity contribution < 1.29 is 9.53 Å². The Labute approximate surface area is 149 Å². The number of hydrogen-bond donors (Lipinski definition) is 2. The minimum Gasteiger partial charge on any atom is -0.497 e. The first-order chi connectivity index (χ1) is 12.1. The number of benzene rings is 1. The van der Waals surface area contributed by atoms with Crippen LogP contribution in [0.4, 0.5) is 5.82 Å². The zero-order chi connectivity index (χ0) is 18.1. The van der Waals surface area contributed by atoms with Crippen LogP contribution in [0.5, 0.6) is 5.75 Å². The SMILES string of the molecule is COc1ccc(CCNC(=O)c2ccc(NCCC(C)C)nn2)cc1. The number of carbonyl (C=O) groups excluding carboxylic acids is 1. The summed E-state index contributed by atoms with van der Waals surface area (Å²) in [5.74, 6) is 1.94. The van der Waals surface area contributed by atoms with Gasteiger partial charge in [-0.25, -0.2) is 0 Å². The molecule has 0 saturated carbocycles. The normalized spacial score (nSPS) is 10.6. The number of nitrogens with zero attached hydrogens (tertiary/aromatic N) is 2. The van der Waals surface area contributed by atoms with Gasteiger partial charge in [-0.3, -0.25) is 4.79 Å². The first-order valence-electron chi connectivity index (χ1n) is 8.57. The molecule has 1 aromatic carbocycles. The second-order valence-electron chi connectivity index (χ2n) is 6.27. The van der Waals surface area contributed by atoms with Crippen LogP contribution in [0.1, 0.15) is 36.3 Å². The van der Waals surface area contributed by atoms with Crippen molar-refractivity contribution in [1.29, 1.82) is 0 Å². The highest BCUT2D eigenvalue weighted by atomic mass is 16.5. The average Bonchev–Trinajstić information content (AvgIpc) is 2.62.